The maximum atomic E-state index is 13.8. The minimum absolute atomic E-state index is 0.0416. The first kappa shape index (κ1) is 14.2. The van der Waals surface area contributed by atoms with Crippen molar-refractivity contribution in [2.45, 2.75) is 18.9 Å². The molecule has 1 unspecified atom stereocenters. The first-order valence-electron chi connectivity index (χ1n) is 6.67. The molecule has 0 aliphatic carbocycles. The first-order valence-corrected chi connectivity index (χ1v) is 6.67. The fraction of sp³-hybridized carbons (Fsp3) is 0.286. The maximum Gasteiger partial charge on any atom is 0.262 e. The molecule has 1 atom stereocenters. The van der Waals surface area contributed by atoms with Gasteiger partial charge < -0.3 is 5.32 Å². The quantitative estimate of drug-likeness (QED) is 0.765. The number of imide groups is 2. The van der Waals surface area contributed by atoms with Crippen molar-refractivity contribution in [1.29, 1.82) is 0 Å². The van der Waals surface area contributed by atoms with E-state index in [1.807, 2.05) is 0 Å². The normalized spacial score (nSPS) is 21.0. The predicted molar refractivity (Wildman–Crippen MR) is 72.6 cm³/mol. The number of carbonyl (C=O) groups excluding carboxylic acids is 4. The van der Waals surface area contributed by atoms with Crippen LogP contribution in [0.25, 0.3) is 0 Å². The van der Waals surface area contributed by atoms with E-state index in [4.69, 9.17) is 0 Å². The lowest BCUT2D eigenvalue weighted by molar-refractivity contribution is -0.136. The van der Waals surface area contributed by atoms with Gasteiger partial charge >= 0.3 is 0 Å². The Bertz CT molecular complexity index is 731. The van der Waals surface area contributed by atoms with Crippen molar-refractivity contribution in [3.63, 3.8) is 0 Å². The van der Waals surface area contributed by atoms with Crippen molar-refractivity contribution in [3.8, 4) is 0 Å². The molecule has 0 saturated carbocycles. The minimum Gasteiger partial charge on any atom is -0.386 e. The number of piperidine rings is 1. The number of hydrogen-bond donors (Lipinski definition) is 2. The van der Waals surface area contributed by atoms with E-state index in [1.54, 1.807) is 0 Å². The number of carbonyl (C=O) groups is 4. The molecule has 3 rings (SSSR count). The highest BCUT2D eigenvalue weighted by Crippen LogP contribution is 2.30. The monoisotopic (exact) mass is 305 g/mol. The lowest BCUT2D eigenvalue weighted by Crippen LogP contribution is -2.54. The third-order valence-electron chi connectivity index (χ3n) is 3.80. The molecule has 114 valence electrons. The Morgan fingerprint density at radius 1 is 1.18 bits per heavy atom. The van der Waals surface area contributed by atoms with Crippen LogP contribution < -0.4 is 10.6 Å². The third kappa shape index (κ3) is 1.95. The van der Waals surface area contributed by atoms with E-state index in [2.05, 4.69) is 10.6 Å². The minimum atomic E-state index is -1.05. The standard InChI is InChI=1S/C14H12FN3O4/c1-16-9-5-7-6(4-8(9)15)13(21)18(14(7)22)10-2-3-11(19)17-12(10)20/h4-5,10,16H,2-3H2,1H3,(H,17,19,20). The van der Waals surface area contributed by atoms with Crippen LogP contribution in [0.15, 0.2) is 12.1 Å². The fourth-order valence-electron chi connectivity index (χ4n) is 2.68. The summed E-state index contributed by atoms with van der Waals surface area (Å²) < 4.78 is 13.8. The second-order valence-electron chi connectivity index (χ2n) is 5.07. The smallest absolute Gasteiger partial charge is 0.262 e. The molecule has 0 spiro atoms. The molecule has 0 radical (unpaired) electrons. The second-order valence-corrected chi connectivity index (χ2v) is 5.07. The summed E-state index contributed by atoms with van der Waals surface area (Å²) in [6.07, 6.45) is 0.109. The lowest BCUT2D eigenvalue weighted by Gasteiger charge is -2.27. The Labute approximate surface area is 124 Å². The van der Waals surface area contributed by atoms with Crippen LogP contribution >= 0.6 is 0 Å². The van der Waals surface area contributed by atoms with Crippen LogP contribution in [0.4, 0.5) is 10.1 Å². The van der Waals surface area contributed by atoms with Crippen molar-refractivity contribution in [2.75, 3.05) is 12.4 Å². The van der Waals surface area contributed by atoms with Gasteiger partial charge in [-0.15, -0.1) is 0 Å². The summed E-state index contributed by atoms with van der Waals surface area (Å²) in [5.74, 6) is -3.18. The van der Waals surface area contributed by atoms with Gasteiger partial charge in [0.05, 0.1) is 16.8 Å². The number of nitrogens with one attached hydrogen (secondary N) is 2. The van der Waals surface area contributed by atoms with Crippen LogP contribution in [-0.2, 0) is 9.59 Å². The van der Waals surface area contributed by atoms with E-state index < -0.39 is 35.5 Å². The van der Waals surface area contributed by atoms with Crippen LogP contribution in [-0.4, -0.2) is 41.6 Å². The number of halogens is 1. The van der Waals surface area contributed by atoms with Crippen molar-refractivity contribution in [3.05, 3.63) is 29.1 Å². The van der Waals surface area contributed by atoms with Gasteiger partial charge in [0, 0.05) is 13.5 Å². The molecule has 0 aromatic heterocycles. The predicted octanol–water partition coefficient (Wildman–Crippen LogP) is 0.269. The van der Waals surface area contributed by atoms with Gasteiger partial charge in [-0.25, -0.2) is 4.39 Å². The Morgan fingerprint density at radius 3 is 2.41 bits per heavy atom. The molecular formula is C14H12FN3O4. The van der Waals surface area contributed by atoms with Gasteiger partial charge in [-0.2, -0.15) is 0 Å². The number of rotatable bonds is 2. The Balaban J connectivity index is 2.00. The van der Waals surface area contributed by atoms with Gasteiger partial charge in [0.25, 0.3) is 11.8 Å². The molecule has 1 fully saturated rings. The summed E-state index contributed by atoms with van der Waals surface area (Å²) in [7, 11) is 1.49. The summed E-state index contributed by atoms with van der Waals surface area (Å²) in [6.45, 7) is 0. The number of anilines is 1. The highest BCUT2D eigenvalue weighted by atomic mass is 19.1. The average Bonchev–Trinajstić information content (AvgIpc) is 2.70. The van der Waals surface area contributed by atoms with Gasteiger partial charge in [0.1, 0.15) is 11.9 Å². The summed E-state index contributed by atoms with van der Waals surface area (Å²) in [5, 5.41) is 4.69. The van der Waals surface area contributed by atoms with Crippen LogP contribution in [0, 0.1) is 5.82 Å². The lowest BCUT2D eigenvalue weighted by atomic mass is 10.0. The molecule has 2 aliphatic heterocycles. The summed E-state index contributed by atoms with van der Waals surface area (Å²) in [4.78, 5) is 48.6. The molecule has 22 heavy (non-hydrogen) atoms. The highest BCUT2D eigenvalue weighted by Gasteiger charge is 2.45. The van der Waals surface area contributed by atoms with Gasteiger partial charge in [-0.05, 0) is 18.6 Å². The zero-order valence-corrected chi connectivity index (χ0v) is 11.6. The van der Waals surface area contributed by atoms with E-state index in [9.17, 15) is 23.6 Å². The number of nitrogens with zero attached hydrogens (tertiary/aromatic N) is 1. The SMILES string of the molecule is CNc1cc2c(cc1F)C(=O)N(C1CCC(=O)NC1=O)C2=O. The fourth-order valence-corrected chi connectivity index (χ4v) is 2.68. The Morgan fingerprint density at radius 2 is 1.82 bits per heavy atom. The number of benzene rings is 1. The van der Waals surface area contributed by atoms with E-state index in [1.165, 1.54) is 13.1 Å². The summed E-state index contributed by atoms with van der Waals surface area (Å²) in [5.41, 5.74) is 0.0525. The zero-order chi connectivity index (χ0) is 16.0. The molecule has 0 bridgehead atoms. The van der Waals surface area contributed by atoms with Crippen LogP contribution in [0.1, 0.15) is 33.6 Å². The zero-order valence-electron chi connectivity index (χ0n) is 11.6. The van der Waals surface area contributed by atoms with E-state index in [-0.39, 0.29) is 29.7 Å². The van der Waals surface area contributed by atoms with Gasteiger partial charge in [0.2, 0.25) is 11.8 Å². The summed E-state index contributed by atoms with van der Waals surface area (Å²) >= 11 is 0. The largest absolute Gasteiger partial charge is 0.386 e. The van der Waals surface area contributed by atoms with Crippen molar-refractivity contribution in [2.24, 2.45) is 0 Å². The Kier molecular flexibility index (Phi) is 3.16. The molecule has 1 saturated heterocycles. The molecule has 1 aromatic rings. The molecule has 1 aromatic carbocycles. The Hall–Kier alpha value is -2.77. The number of hydrogen-bond acceptors (Lipinski definition) is 5. The molecule has 2 aliphatic rings. The molecule has 2 heterocycles. The van der Waals surface area contributed by atoms with E-state index in [0.717, 1.165) is 11.0 Å². The van der Waals surface area contributed by atoms with E-state index >= 15 is 0 Å². The number of amides is 4. The average molecular weight is 305 g/mol. The third-order valence-corrected chi connectivity index (χ3v) is 3.80. The molecule has 2 N–H and O–H groups in total. The number of fused-ring (bicyclic) bond motifs is 1. The van der Waals surface area contributed by atoms with Crippen LogP contribution in [0.5, 0.6) is 0 Å². The highest BCUT2D eigenvalue weighted by molar-refractivity contribution is 6.23. The topological polar surface area (TPSA) is 95.6 Å². The van der Waals surface area contributed by atoms with Gasteiger partial charge in [0.15, 0.2) is 0 Å². The molecule has 4 amide bonds. The van der Waals surface area contributed by atoms with Crippen molar-refractivity contribution >= 4 is 29.3 Å². The van der Waals surface area contributed by atoms with Gasteiger partial charge in [-0.1, -0.05) is 0 Å². The van der Waals surface area contributed by atoms with Crippen molar-refractivity contribution in [1.82, 2.24) is 10.2 Å². The molecule has 7 nitrogen and oxygen atoms in total. The molecular weight excluding hydrogens is 293 g/mol. The second kappa shape index (κ2) is 4.90. The first-order chi connectivity index (χ1) is 10.4. The van der Waals surface area contributed by atoms with Gasteiger partial charge in [-0.3, -0.25) is 29.4 Å². The maximum absolute atomic E-state index is 13.8. The van der Waals surface area contributed by atoms with E-state index in [0.29, 0.717) is 0 Å². The summed E-state index contributed by atoms with van der Waals surface area (Å²) in [6, 6.07) is 1.18. The molecule has 8 heteroatoms. The van der Waals surface area contributed by atoms with Crippen LogP contribution in [0.3, 0.4) is 0 Å². The van der Waals surface area contributed by atoms with Crippen molar-refractivity contribution < 1.29 is 23.6 Å². The van der Waals surface area contributed by atoms with Crippen LogP contribution in [0.2, 0.25) is 0 Å².